The molecule has 1 atom stereocenters. The maximum absolute atomic E-state index is 5.84. The second-order valence-electron chi connectivity index (χ2n) is 9.19. The molecular weight excluding hydrogens is 408 g/mol. The van der Waals surface area contributed by atoms with Crippen LogP contribution in [0.3, 0.4) is 0 Å². The molecule has 1 heterocycles. The second kappa shape index (κ2) is 17.5. The summed E-state index contributed by atoms with van der Waals surface area (Å²) in [5.41, 5.74) is 2.40. The molecule has 2 rings (SSSR count). The first-order valence-corrected chi connectivity index (χ1v) is 13.4. The number of benzene rings is 1. The summed E-state index contributed by atoms with van der Waals surface area (Å²) < 4.78 is 11.7. The zero-order chi connectivity index (χ0) is 23.6. The molecule has 1 aromatic carbocycles. The fraction of sp³-hybridized carbons (Fsp3) is 0.655. The molecule has 0 bridgehead atoms. The van der Waals surface area contributed by atoms with Gasteiger partial charge >= 0.3 is 0 Å². The van der Waals surface area contributed by atoms with Crippen molar-refractivity contribution in [1.29, 1.82) is 0 Å². The largest absolute Gasteiger partial charge is 0.490 e. The third kappa shape index (κ3) is 12.2. The molecule has 1 unspecified atom stereocenters. The van der Waals surface area contributed by atoms with E-state index in [0.717, 1.165) is 62.5 Å². The smallest absolute Gasteiger partial charge is 0.159 e. The summed E-state index contributed by atoms with van der Waals surface area (Å²) in [6.45, 7) is 8.27. The van der Waals surface area contributed by atoms with Crippen molar-refractivity contribution in [3.8, 4) is 17.1 Å². The van der Waals surface area contributed by atoms with Gasteiger partial charge < -0.3 is 9.47 Å². The standard InChI is InChI=1S/C29H46N2O2/c1-4-6-8-9-10-11-12-13-22-33-28-23-30-29(31-24-28)27-19-17-26(18-20-27)16-14-15-25(3)32-21-7-5-2/h17-20,23-25H,4-16,21-22H2,1-3H3. The number of hydrogen-bond acceptors (Lipinski definition) is 4. The highest BCUT2D eigenvalue weighted by Crippen LogP contribution is 2.19. The van der Waals surface area contributed by atoms with Crippen LogP contribution >= 0.6 is 0 Å². The van der Waals surface area contributed by atoms with Crippen molar-refractivity contribution in [2.24, 2.45) is 0 Å². The van der Waals surface area contributed by atoms with Crippen LogP contribution in [-0.2, 0) is 11.2 Å². The van der Waals surface area contributed by atoms with Crippen molar-refractivity contribution in [3.05, 3.63) is 42.2 Å². The fourth-order valence-corrected chi connectivity index (χ4v) is 3.89. The van der Waals surface area contributed by atoms with Crippen LogP contribution < -0.4 is 4.74 Å². The first-order valence-electron chi connectivity index (χ1n) is 13.4. The molecule has 0 saturated heterocycles. The number of aryl methyl sites for hydroxylation is 1. The lowest BCUT2D eigenvalue weighted by atomic mass is 10.0. The molecular formula is C29H46N2O2. The summed E-state index contributed by atoms with van der Waals surface area (Å²) in [6, 6.07) is 8.61. The Labute approximate surface area is 202 Å². The van der Waals surface area contributed by atoms with Crippen LogP contribution in [0.4, 0.5) is 0 Å². The minimum absolute atomic E-state index is 0.348. The van der Waals surface area contributed by atoms with Gasteiger partial charge in [-0.15, -0.1) is 0 Å². The lowest BCUT2D eigenvalue weighted by Gasteiger charge is -2.12. The quantitative estimate of drug-likeness (QED) is 0.201. The van der Waals surface area contributed by atoms with Crippen LogP contribution in [0.1, 0.15) is 103 Å². The molecule has 0 aliphatic rings. The topological polar surface area (TPSA) is 44.2 Å². The highest BCUT2D eigenvalue weighted by Gasteiger charge is 2.05. The number of unbranched alkanes of at least 4 members (excludes halogenated alkanes) is 8. The van der Waals surface area contributed by atoms with Gasteiger partial charge in [0.25, 0.3) is 0 Å². The van der Waals surface area contributed by atoms with E-state index < -0.39 is 0 Å². The molecule has 0 spiro atoms. The molecule has 4 nitrogen and oxygen atoms in total. The summed E-state index contributed by atoms with van der Waals surface area (Å²) >= 11 is 0. The second-order valence-corrected chi connectivity index (χ2v) is 9.19. The summed E-state index contributed by atoms with van der Waals surface area (Å²) in [5, 5.41) is 0. The predicted octanol–water partition coefficient (Wildman–Crippen LogP) is 8.19. The Morgan fingerprint density at radius 3 is 2.03 bits per heavy atom. The van der Waals surface area contributed by atoms with E-state index in [9.17, 15) is 0 Å². The van der Waals surface area contributed by atoms with Crippen LogP contribution in [0.2, 0.25) is 0 Å². The molecule has 184 valence electrons. The number of nitrogens with zero attached hydrogens (tertiary/aromatic N) is 2. The van der Waals surface area contributed by atoms with Gasteiger partial charge in [0.15, 0.2) is 11.6 Å². The molecule has 4 heteroatoms. The predicted molar refractivity (Wildman–Crippen MR) is 139 cm³/mol. The fourth-order valence-electron chi connectivity index (χ4n) is 3.89. The molecule has 33 heavy (non-hydrogen) atoms. The number of aromatic nitrogens is 2. The van der Waals surface area contributed by atoms with Crippen molar-refractivity contribution in [2.45, 2.75) is 110 Å². The summed E-state index contributed by atoms with van der Waals surface area (Å²) in [4.78, 5) is 9.01. The van der Waals surface area contributed by atoms with Gasteiger partial charge in [0.1, 0.15) is 0 Å². The Balaban J connectivity index is 1.63. The highest BCUT2D eigenvalue weighted by molar-refractivity contribution is 5.55. The van der Waals surface area contributed by atoms with E-state index in [1.165, 1.54) is 56.9 Å². The monoisotopic (exact) mass is 454 g/mol. The van der Waals surface area contributed by atoms with Gasteiger partial charge in [-0.05, 0) is 44.6 Å². The van der Waals surface area contributed by atoms with Crippen molar-refractivity contribution >= 4 is 0 Å². The Kier molecular flexibility index (Phi) is 14.5. The van der Waals surface area contributed by atoms with Gasteiger partial charge in [-0.25, -0.2) is 9.97 Å². The van der Waals surface area contributed by atoms with Gasteiger partial charge in [-0.3, -0.25) is 0 Å². The van der Waals surface area contributed by atoms with Crippen molar-refractivity contribution in [3.63, 3.8) is 0 Å². The van der Waals surface area contributed by atoms with Gasteiger partial charge in [-0.1, -0.05) is 89.5 Å². The molecule has 0 amide bonds. The third-order valence-electron chi connectivity index (χ3n) is 6.08. The van der Waals surface area contributed by atoms with E-state index in [2.05, 4.69) is 55.0 Å². The minimum Gasteiger partial charge on any atom is -0.490 e. The Bertz CT molecular complexity index is 715. The van der Waals surface area contributed by atoms with Gasteiger partial charge in [0, 0.05) is 12.2 Å². The molecule has 0 N–H and O–H groups in total. The highest BCUT2D eigenvalue weighted by atomic mass is 16.5. The molecule has 1 aromatic heterocycles. The zero-order valence-corrected chi connectivity index (χ0v) is 21.4. The van der Waals surface area contributed by atoms with Crippen LogP contribution in [0.15, 0.2) is 36.7 Å². The van der Waals surface area contributed by atoms with Crippen LogP contribution in [0.25, 0.3) is 11.4 Å². The number of ether oxygens (including phenoxy) is 2. The molecule has 0 aliphatic carbocycles. The van der Waals surface area contributed by atoms with Crippen LogP contribution in [-0.4, -0.2) is 29.3 Å². The average Bonchev–Trinajstić information content (AvgIpc) is 2.84. The van der Waals surface area contributed by atoms with Crippen LogP contribution in [0.5, 0.6) is 5.75 Å². The lowest BCUT2D eigenvalue weighted by Crippen LogP contribution is -2.09. The van der Waals surface area contributed by atoms with Gasteiger partial charge in [-0.2, -0.15) is 0 Å². The van der Waals surface area contributed by atoms with Crippen molar-refractivity contribution in [1.82, 2.24) is 9.97 Å². The number of hydrogen-bond donors (Lipinski definition) is 0. The van der Waals surface area contributed by atoms with Crippen molar-refractivity contribution < 1.29 is 9.47 Å². The molecule has 2 aromatic rings. The van der Waals surface area contributed by atoms with E-state index in [4.69, 9.17) is 9.47 Å². The molecule has 0 fully saturated rings. The average molecular weight is 455 g/mol. The summed E-state index contributed by atoms with van der Waals surface area (Å²) in [6.07, 6.45) is 20.0. The normalized spacial score (nSPS) is 12.1. The van der Waals surface area contributed by atoms with E-state index >= 15 is 0 Å². The Morgan fingerprint density at radius 1 is 0.727 bits per heavy atom. The van der Waals surface area contributed by atoms with E-state index in [0.29, 0.717) is 6.10 Å². The maximum Gasteiger partial charge on any atom is 0.159 e. The molecule has 0 saturated carbocycles. The van der Waals surface area contributed by atoms with Crippen molar-refractivity contribution in [2.75, 3.05) is 13.2 Å². The number of rotatable bonds is 19. The minimum atomic E-state index is 0.348. The van der Waals surface area contributed by atoms with Gasteiger partial charge in [0.05, 0.1) is 25.1 Å². The Hall–Kier alpha value is -1.94. The van der Waals surface area contributed by atoms with E-state index in [1.807, 2.05) is 0 Å². The maximum atomic E-state index is 5.84. The van der Waals surface area contributed by atoms with E-state index in [-0.39, 0.29) is 0 Å². The summed E-state index contributed by atoms with van der Waals surface area (Å²) in [7, 11) is 0. The lowest BCUT2D eigenvalue weighted by molar-refractivity contribution is 0.0571. The van der Waals surface area contributed by atoms with Gasteiger partial charge in [0.2, 0.25) is 0 Å². The third-order valence-corrected chi connectivity index (χ3v) is 6.08. The Morgan fingerprint density at radius 2 is 1.36 bits per heavy atom. The first kappa shape index (κ1) is 27.3. The van der Waals surface area contributed by atoms with E-state index in [1.54, 1.807) is 12.4 Å². The first-order chi connectivity index (χ1) is 16.2. The SMILES string of the molecule is CCCCCCCCCCOc1cnc(-c2ccc(CCCC(C)OCCCC)cc2)nc1. The van der Waals surface area contributed by atoms with Crippen LogP contribution in [0, 0.1) is 0 Å². The molecule has 0 aliphatic heterocycles. The molecule has 0 radical (unpaired) electrons. The zero-order valence-electron chi connectivity index (χ0n) is 21.4. The summed E-state index contributed by atoms with van der Waals surface area (Å²) in [5.74, 6) is 1.51.